The Labute approximate surface area is 164 Å². The third-order valence-corrected chi connectivity index (χ3v) is 6.18. The van der Waals surface area contributed by atoms with Crippen LogP contribution in [-0.2, 0) is 27.3 Å². The van der Waals surface area contributed by atoms with E-state index >= 15 is 0 Å². The standard InChI is InChI=1S/C20H27N5O3/c1-3-23-11-14(9-18(23)27)20(28)25-7-4-5-17(25)19-21-10-15-12-24(13(2)26)8-6-16(15)22-19/h10,14,17H,3-9,11-12H2,1-2H3/t14-,17-/m1/s1. The van der Waals surface area contributed by atoms with Gasteiger partial charge in [-0.2, -0.15) is 0 Å². The van der Waals surface area contributed by atoms with Crippen molar-refractivity contribution in [2.75, 3.05) is 26.2 Å². The van der Waals surface area contributed by atoms with Crippen LogP contribution >= 0.6 is 0 Å². The molecule has 0 N–H and O–H groups in total. The predicted molar refractivity (Wildman–Crippen MR) is 101 cm³/mol. The van der Waals surface area contributed by atoms with Crippen LogP contribution in [0.3, 0.4) is 0 Å². The quantitative estimate of drug-likeness (QED) is 0.772. The lowest BCUT2D eigenvalue weighted by Crippen LogP contribution is -2.38. The monoisotopic (exact) mass is 385 g/mol. The molecule has 2 atom stereocenters. The summed E-state index contributed by atoms with van der Waals surface area (Å²) < 4.78 is 0. The first-order valence-corrected chi connectivity index (χ1v) is 10.2. The second kappa shape index (κ2) is 7.48. The predicted octanol–water partition coefficient (Wildman–Crippen LogP) is 0.913. The fourth-order valence-corrected chi connectivity index (χ4v) is 4.54. The third kappa shape index (κ3) is 3.36. The molecule has 0 bridgehead atoms. The first-order chi connectivity index (χ1) is 13.5. The zero-order chi connectivity index (χ0) is 19.8. The summed E-state index contributed by atoms with van der Waals surface area (Å²) in [6.45, 7) is 6.60. The van der Waals surface area contributed by atoms with Gasteiger partial charge in [0.2, 0.25) is 17.7 Å². The van der Waals surface area contributed by atoms with E-state index in [0.29, 0.717) is 51.4 Å². The average molecular weight is 385 g/mol. The summed E-state index contributed by atoms with van der Waals surface area (Å²) in [6.07, 6.45) is 4.61. The van der Waals surface area contributed by atoms with Crippen LogP contribution in [-0.4, -0.2) is 68.6 Å². The number of amides is 3. The molecule has 0 aliphatic carbocycles. The van der Waals surface area contributed by atoms with Gasteiger partial charge in [-0.25, -0.2) is 9.97 Å². The number of likely N-dealkylation sites (tertiary alicyclic amines) is 2. The zero-order valence-electron chi connectivity index (χ0n) is 16.6. The minimum Gasteiger partial charge on any atom is -0.342 e. The molecule has 2 fully saturated rings. The maximum atomic E-state index is 13.1. The highest BCUT2D eigenvalue weighted by Crippen LogP contribution is 2.33. The zero-order valence-corrected chi connectivity index (χ0v) is 16.6. The van der Waals surface area contributed by atoms with E-state index in [1.165, 1.54) is 0 Å². The molecule has 0 spiro atoms. The summed E-state index contributed by atoms with van der Waals surface area (Å²) in [5, 5.41) is 0. The van der Waals surface area contributed by atoms with Crippen molar-refractivity contribution >= 4 is 17.7 Å². The van der Waals surface area contributed by atoms with Crippen molar-refractivity contribution in [2.45, 2.75) is 52.1 Å². The minimum absolute atomic E-state index is 0.0517. The second-order valence-corrected chi connectivity index (χ2v) is 7.91. The SMILES string of the molecule is CCN1C[C@H](C(=O)N2CCC[C@@H]2c2ncc3c(n2)CCN(C(C)=O)C3)CC1=O. The first kappa shape index (κ1) is 18.8. The number of rotatable bonds is 3. The number of aromatic nitrogens is 2. The van der Waals surface area contributed by atoms with E-state index < -0.39 is 0 Å². The van der Waals surface area contributed by atoms with Crippen molar-refractivity contribution in [3.63, 3.8) is 0 Å². The first-order valence-electron chi connectivity index (χ1n) is 10.2. The largest absolute Gasteiger partial charge is 0.342 e. The maximum absolute atomic E-state index is 13.1. The molecule has 4 heterocycles. The van der Waals surface area contributed by atoms with Gasteiger partial charge in [-0.3, -0.25) is 14.4 Å². The molecule has 28 heavy (non-hydrogen) atoms. The normalized spacial score (nSPS) is 24.6. The lowest BCUT2D eigenvalue weighted by atomic mass is 10.0. The highest BCUT2D eigenvalue weighted by Gasteiger charge is 2.40. The van der Waals surface area contributed by atoms with E-state index in [-0.39, 0.29) is 29.7 Å². The summed E-state index contributed by atoms with van der Waals surface area (Å²) >= 11 is 0. The highest BCUT2D eigenvalue weighted by molar-refractivity contribution is 5.89. The van der Waals surface area contributed by atoms with Crippen LogP contribution in [0.5, 0.6) is 0 Å². The molecule has 1 aromatic rings. The number of carbonyl (C=O) groups excluding carboxylic acids is 3. The lowest BCUT2D eigenvalue weighted by molar-refractivity contribution is -0.137. The Hall–Kier alpha value is -2.51. The molecule has 0 radical (unpaired) electrons. The van der Waals surface area contributed by atoms with Crippen LogP contribution in [0, 0.1) is 5.92 Å². The highest BCUT2D eigenvalue weighted by atomic mass is 16.2. The molecule has 150 valence electrons. The van der Waals surface area contributed by atoms with Gasteiger partial charge in [0.05, 0.1) is 17.7 Å². The molecular weight excluding hydrogens is 358 g/mol. The topological polar surface area (TPSA) is 86.7 Å². The van der Waals surface area contributed by atoms with Crippen molar-refractivity contribution in [1.82, 2.24) is 24.7 Å². The molecule has 0 aromatic carbocycles. The number of hydrogen-bond acceptors (Lipinski definition) is 5. The van der Waals surface area contributed by atoms with Gasteiger partial charge in [0.25, 0.3) is 0 Å². The molecule has 1 aromatic heterocycles. The Morgan fingerprint density at radius 1 is 1.29 bits per heavy atom. The van der Waals surface area contributed by atoms with Gasteiger partial charge in [0.15, 0.2) is 5.82 Å². The Morgan fingerprint density at radius 2 is 2.11 bits per heavy atom. The molecule has 4 rings (SSSR count). The van der Waals surface area contributed by atoms with Crippen LogP contribution in [0.4, 0.5) is 0 Å². The number of fused-ring (bicyclic) bond motifs is 1. The van der Waals surface area contributed by atoms with Crippen LogP contribution in [0.1, 0.15) is 56.2 Å². The van der Waals surface area contributed by atoms with Gasteiger partial charge in [-0.1, -0.05) is 0 Å². The Balaban J connectivity index is 1.50. The molecule has 3 amide bonds. The van der Waals surface area contributed by atoms with Crippen LogP contribution < -0.4 is 0 Å². The van der Waals surface area contributed by atoms with Crippen LogP contribution in [0.2, 0.25) is 0 Å². The van der Waals surface area contributed by atoms with Gasteiger partial charge >= 0.3 is 0 Å². The Morgan fingerprint density at radius 3 is 2.82 bits per heavy atom. The van der Waals surface area contributed by atoms with Crippen molar-refractivity contribution in [3.8, 4) is 0 Å². The smallest absolute Gasteiger partial charge is 0.228 e. The van der Waals surface area contributed by atoms with E-state index in [2.05, 4.69) is 4.98 Å². The lowest BCUT2D eigenvalue weighted by Gasteiger charge is -2.29. The summed E-state index contributed by atoms with van der Waals surface area (Å²) in [5.74, 6) is 0.620. The van der Waals surface area contributed by atoms with E-state index in [4.69, 9.17) is 4.98 Å². The summed E-state index contributed by atoms with van der Waals surface area (Å²) in [4.78, 5) is 51.5. The van der Waals surface area contributed by atoms with Crippen LogP contribution in [0.25, 0.3) is 0 Å². The van der Waals surface area contributed by atoms with E-state index in [1.807, 2.05) is 18.0 Å². The molecule has 8 heteroatoms. The average Bonchev–Trinajstić information content (AvgIpc) is 3.33. The maximum Gasteiger partial charge on any atom is 0.228 e. The number of carbonyl (C=O) groups is 3. The molecular formula is C20H27N5O3. The molecule has 8 nitrogen and oxygen atoms in total. The summed E-state index contributed by atoms with van der Waals surface area (Å²) in [5.41, 5.74) is 1.97. The second-order valence-electron chi connectivity index (χ2n) is 7.91. The van der Waals surface area contributed by atoms with Crippen molar-refractivity contribution in [1.29, 1.82) is 0 Å². The Kier molecular flexibility index (Phi) is 5.03. The molecule has 0 unspecified atom stereocenters. The molecule has 3 aliphatic heterocycles. The van der Waals surface area contributed by atoms with E-state index in [1.54, 1.807) is 16.7 Å². The van der Waals surface area contributed by atoms with Crippen molar-refractivity contribution in [3.05, 3.63) is 23.3 Å². The number of hydrogen-bond donors (Lipinski definition) is 0. The van der Waals surface area contributed by atoms with Gasteiger partial charge in [0.1, 0.15) is 0 Å². The van der Waals surface area contributed by atoms with Gasteiger partial charge in [-0.05, 0) is 19.8 Å². The fraction of sp³-hybridized carbons (Fsp3) is 0.650. The summed E-state index contributed by atoms with van der Waals surface area (Å²) in [6, 6.07) is -0.116. The van der Waals surface area contributed by atoms with Gasteiger partial charge in [0, 0.05) is 64.2 Å². The molecule has 3 aliphatic rings. The summed E-state index contributed by atoms with van der Waals surface area (Å²) in [7, 11) is 0. The molecule has 2 saturated heterocycles. The molecule has 0 saturated carbocycles. The fourth-order valence-electron chi connectivity index (χ4n) is 4.54. The Bertz CT molecular complexity index is 811. The van der Waals surface area contributed by atoms with Crippen molar-refractivity contribution in [2.24, 2.45) is 5.92 Å². The van der Waals surface area contributed by atoms with E-state index in [0.717, 1.165) is 24.1 Å². The minimum atomic E-state index is -0.255. The van der Waals surface area contributed by atoms with Crippen LogP contribution in [0.15, 0.2) is 6.20 Å². The van der Waals surface area contributed by atoms with Gasteiger partial charge in [-0.15, -0.1) is 0 Å². The van der Waals surface area contributed by atoms with E-state index in [9.17, 15) is 14.4 Å². The van der Waals surface area contributed by atoms with Gasteiger partial charge < -0.3 is 14.7 Å². The third-order valence-electron chi connectivity index (χ3n) is 6.18. The number of nitrogens with zero attached hydrogens (tertiary/aromatic N) is 5. The van der Waals surface area contributed by atoms with Crippen molar-refractivity contribution < 1.29 is 14.4 Å².